The van der Waals surface area contributed by atoms with Gasteiger partial charge in [-0.05, 0) is 19.1 Å². The van der Waals surface area contributed by atoms with Crippen LogP contribution < -0.4 is 5.32 Å². The number of halogens is 2. The lowest BCUT2D eigenvalue weighted by Gasteiger charge is -2.33. The summed E-state index contributed by atoms with van der Waals surface area (Å²) in [5.74, 6) is -0.410. The first kappa shape index (κ1) is 20.7. The van der Waals surface area contributed by atoms with E-state index in [1.807, 2.05) is 6.92 Å². The van der Waals surface area contributed by atoms with Crippen molar-refractivity contribution in [1.82, 2.24) is 19.4 Å². The Morgan fingerprint density at radius 1 is 1.18 bits per heavy atom. The molecule has 0 spiro atoms. The van der Waals surface area contributed by atoms with Gasteiger partial charge in [0.2, 0.25) is 21.1 Å². The van der Waals surface area contributed by atoms with Crippen molar-refractivity contribution in [2.45, 2.75) is 18.2 Å². The van der Waals surface area contributed by atoms with Gasteiger partial charge in [0.1, 0.15) is 0 Å². The van der Waals surface area contributed by atoms with Gasteiger partial charge in [0, 0.05) is 26.2 Å². The zero-order valence-corrected chi connectivity index (χ0v) is 16.6. The van der Waals surface area contributed by atoms with Gasteiger partial charge in [-0.1, -0.05) is 29.0 Å². The van der Waals surface area contributed by atoms with Gasteiger partial charge in [0.15, 0.2) is 5.01 Å². The standard InChI is InChI=1S/C16H19F2N5O3S2/c1-11-2-4-12(5-3-11)28(25,26)23-8-6-22(7-9-23)10-13(24)19-16-21-20-15(27-16)14(17)18/h2-5,14H,6-10H2,1H3,(H,19,21,24). The third-order valence-corrected chi connectivity index (χ3v) is 6.99. The van der Waals surface area contributed by atoms with Crippen LogP contribution in [-0.2, 0) is 14.8 Å². The lowest BCUT2D eigenvalue weighted by molar-refractivity contribution is -0.117. The summed E-state index contributed by atoms with van der Waals surface area (Å²) in [6.07, 6.45) is -2.73. The smallest absolute Gasteiger partial charge is 0.291 e. The molecule has 12 heteroatoms. The topological polar surface area (TPSA) is 95.5 Å². The molecule has 28 heavy (non-hydrogen) atoms. The van der Waals surface area contributed by atoms with Crippen molar-refractivity contribution in [3.8, 4) is 0 Å². The van der Waals surface area contributed by atoms with Crippen molar-refractivity contribution in [1.29, 1.82) is 0 Å². The molecular formula is C16H19F2N5O3S2. The Morgan fingerprint density at radius 2 is 1.82 bits per heavy atom. The van der Waals surface area contributed by atoms with Crippen LogP contribution in [0.25, 0.3) is 0 Å². The lowest BCUT2D eigenvalue weighted by Crippen LogP contribution is -2.50. The molecule has 1 fully saturated rings. The van der Waals surface area contributed by atoms with Crippen molar-refractivity contribution < 1.29 is 22.0 Å². The van der Waals surface area contributed by atoms with E-state index < -0.39 is 27.4 Å². The highest BCUT2D eigenvalue weighted by Crippen LogP contribution is 2.25. The van der Waals surface area contributed by atoms with Gasteiger partial charge in [-0.25, -0.2) is 17.2 Å². The summed E-state index contributed by atoms with van der Waals surface area (Å²) in [6, 6.07) is 6.67. The van der Waals surface area contributed by atoms with Crippen molar-refractivity contribution in [2.24, 2.45) is 0 Å². The molecule has 1 saturated heterocycles. The van der Waals surface area contributed by atoms with Crippen molar-refractivity contribution in [3.05, 3.63) is 34.8 Å². The third kappa shape index (κ3) is 4.87. The molecule has 3 rings (SSSR count). The van der Waals surface area contributed by atoms with Crippen LogP contribution in [0.4, 0.5) is 13.9 Å². The number of sulfonamides is 1. The molecule has 1 N–H and O–H groups in total. The molecule has 0 bridgehead atoms. The molecule has 1 aromatic carbocycles. The minimum absolute atomic E-state index is 0.0147. The molecule has 0 atom stereocenters. The highest BCUT2D eigenvalue weighted by Gasteiger charge is 2.29. The Bertz CT molecular complexity index is 926. The summed E-state index contributed by atoms with van der Waals surface area (Å²) in [7, 11) is -3.57. The second kappa shape index (κ2) is 8.55. The van der Waals surface area contributed by atoms with Crippen LogP contribution in [0, 0.1) is 6.92 Å². The Balaban J connectivity index is 1.52. The maximum absolute atomic E-state index is 12.7. The minimum Gasteiger partial charge on any atom is -0.299 e. The van der Waals surface area contributed by atoms with Crippen LogP contribution in [0.5, 0.6) is 0 Å². The summed E-state index contributed by atoms with van der Waals surface area (Å²) < 4.78 is 51.8. The van der Waals surface area contributed by atoms with Gasteiger partial charge < -0.3 is 0 Å². The molecule has 152 valence electrons. The van der Waals surface area contributed by atoms with E-state index in [1.54, 1.807) is 29.2 Å². The summed E-state index contributed by atoms with van der Waals surface area (Å²) in [5.41, 5.74) is 0.978. The van der Waals surface area contributed by atoms with Gasteiger partial charge in [-0.15, -0.1) is 10.2 Å². The van der Waals surface area contributed by atoms with E-state index in [2.05, 4.69) is 15.5 Å². The number of aromatic nitrogens is 2. The first-order valence-electron chi connectivity index (χ1n) is 8.46. The van der Waals surface area contributed by atoms with Crippen LogP contribution in [0.2, 0.25) is 0 Å². The number of nitrogens with zero attached hydrogens (tertiary/aromatic N) is 4. The van der Waals surface area contributed by atoms with Gasteiger partial charge in [0.25, 0.3) is 6.43 Å². The van der Waals surface area contributed by atoms with Crippen LogP contribution in [0.1, 0.15) is 17.0 Å². The number of alkyl halides is 2. The minimum atomic E-state index is -3.57. The Labute approximate surface area is 165 Å². The van der Waals surface area contributed by atoms with Crippen LogP contribution >= 0.6 is 11.3 Å². The number of nitrogens with one attached hydrogen (secondary N) is 1. The first-order chi connectivity index (χ1) is 13.3. The molecule has 0 radical (unpaired) electrons. The monoisotopic (exact) mass is 431 g/mol. The number of hydrogen-bond donors (Lipinski definition) is 1. The molecule has 1 aliphatic heterocycles. The van der Waals surface area contributed by atoms with E-state index in [0.717, 1.165) is 5.56 Å². The molecule has 2 heterocycles. The number of carbonyl (C=O) groups is 1. The van der Waals surface area contributed by atoms with Crippen LogP contribution in [-0.4, -0.2) is 66.5 Å². The molecule has 1 aromatic heterocycles. The fourth-order valence-corrected chi connectivity index (χ4v) is 4.76. The fraction of sp³-hybridized carbons (Fsp3) is 0.438. The zero-order valence-electron chi connectivity index (χ0n) is 15.0. The third-order valence-electron chi connectivity index (χ3n) is 4.23. The molecule has 1 aliphatic rings. The fourth-order valence-electron chi connectivity index (χ4n) is 2.72. The van der Waals surface area contributed by atoms with E-state index in [1.165, 1.54) is 4.31 Å². The average molecular weight is 431 g/mol. The average Bonchev–Trinajstić information content (AvgIpc) is 3.11. The van der Waals surface area contributed by atoms with Crippen molar-refractivity contribution >= 4 is 32.4 Å². The predicted molar refractivity (Wildman–Crippen MR) is 99.9 cm³/mol. The molecule has 0 unspecified atom stereocenters. The van der Waals surface area contributed by atoms with E-state index in [-0.39, 0.29) is 29.7 Å². The number of amides is 1. The number of hydrogen-bond acceptors (Lipinski definition) is 7. The summed E-state index contributed by atoms with van der Waals surface area (Å²) in [6.45, 7) is 3.20. The number of benzene rings is 1. The van der Waals surface area contributed by atoms with Gasteiger partial charge in [-0.3, -0.25) is 15.0 Å². The number of piperazine rings is 1. The van der Waals surface area contributed by atoms with E-state index in [9.17, 15) is 22.0 Å². The second-order valence-corrected chi connectivity index (χ2v) is 9.23. The maximum Gasteiger partial charge on any atom is 0.291 e. The highest BCUT2D eigenvalue weighted by molar-refractivity contribution is 7.89. The van der Waals surface area contributed by atoms with Crippen LogP contribution in [0.15, 0.2) is 29.2 Å². The summed E-state index contributed by atoms with van der Waals surface area (Å²) in [5, 5.41) is 8.81. The lowest BCUT2D eigenvalue weighted by atomic mass is 10.2. The van der Waals surface area contributed by atoms with E-state index >= 15 is 0 Å². The molecular weight excluding hydrogens is 412 g/mol. The maximum atomic E-state index is 12.7. The summed E-state index contributed by atoms with van der Waals surface area (Å²) >= 11 is 0.623. The van der Waals surface area contributed by atoms with E-state index in [4.69, 9.17) is 0 Å². The largest absolute Gasteiger partial charge is 0.299 e. The Hall–Kier alpha value is -2.02. The molecule has 0 aliphatic carbocycles. The van der Waals surface area contributed by atoms with Gasteiger partial charge >= 0.3 is 0 Å². The molecule has 8 nitrogen and oxygen atoms in total. The SMILES string of the molecule is Cc1ccc(S(=O)(=O)N2CCN(CC(=O)Nc3nnc(C(F)F)s3)CC2)cc1. The molecule has 0 saturated carbocycles. The molecule has 1 amide bonds. The van der Waals surface area contributed by atoms with Gasteiger partial charge in [0.05, 0.1) is 11.4 Å². The molecule has 2 aromatic rings. The normalized spacial score (nSPS) is 16.4. The first-order valence-corrected chi connectivity index (χ1v) is 10.7. The number of rotatable bonds is 6. The second-order valence-electron chi connectivity index (χ2n) is 6.29. The quantitative estimate of drug-likeness (QED) is 0.749. The van der Waals surface area contributed by atoms with Crippen molar-refractivity contribution in [3.63, 3.8) is 0 Å². The highest BCUT2D eigenvalue weighted by atomic mass is 32.2. The Kier molecular flexibility index (Phi) is 6.33. The number of anilines is 1. The number of carbonyl (C=O) groups excluding carboxylic acids is 1. The van der Waals surface area contributed by atoms with Crippen molar-refractivity contribution in [2.75, 3.05) is 38.0 Å². The van der Waals surface area contributed by atoms with Crippen LogP contribution in [0.3, 0.4) is 0 Å². The van der Waals surface area contributed by atoms with Gasteiger partial charge in [-0.2, -0.15) is 4.31 Å². The summed E-state index contributed by atoms with van der Waals surface area (Å²) in [4.78, 5) is 14.1. The Morgan fingerprint density at radius 3 is 2.39 bits per heavy atom. The number of aryl methyl sites for hydroxylation is 1. The van der Waals surface area contributed by atoms with E-state index in [0.29, 0.717) is 24.4 Å². The predicted octanol–water partition coefficient (Wildman–Crippen LogP) is 1.73. The zero-order chi connectivity index (χ0) is 20.3.